The van der Waals surface area contributed by atoms with E-state index in [1.54, 1.807) is 0 Å². The first-order chi connectivity index (χ1) is 8.89. The van der Waals surface area contributed by atoms with Gasteiger partial charge in [0, 0.05) is 6.42 Å². The number of carbonyl (C=O) groups is 2. The van der Waals surface area contributed by atoms with Gasteiger partial charge in [-0.25, -0.2) is 4.79 Å². The van der Waals surface area contributed by atoms with Gasteiger partial charge in [0.05, 0.1) is 6.61 Å². The molecule has 1 unspecified atom stereocenters. The van der Waals surface area contributed by atoms with Crippen LogP contribution in [0.25, 0.3) is 0 Å². The maximum Gasteiger partial charge on any atom is 0.490 e. The minimum absolute atomic E-state index is 0.139. The number of carbonyl (C=O) groups excluding carboxylic acids is 2. The molecule has 7 heteroatoms. The maximum absolute atomic E-state index is 12.1. The van der Waals surface area contributed by atoms with Crippen LogP contribution in [0, 0.1) is 0 Å². The Morgan fingerprint density at radius 3 is 2.53 bits per heavy atom. The summed E-state index contributed by atoms with van der Waals surface area (Å²) in [5.74, 6) is -2.52. The average Bonchev–Trinajstić information content (AvgIpc) is 2.34. The fourth-order valence-electron chi connectivity index (χ4n) is 1.86. The van der Waals surface area contributed by atoms with E-state index in [0.717, 1.165) is 6.42 Å². The Kier molecular flexibility index (Phi) is 6.11. The molecule has 110 valence electrons. The maximum atomic E-state index is 12.1. The molecule has 0 aromatic heterocycles. The number of alkyl halides is 3. The lowest BCUT2D eigenvalue weighted by Gasteiger charge is -2.18. The predicted octanol–water partition coefficient (Wildman–Crippen LogP) is 2.75. The van der Waals surface area contributed by atoms with Crippen molar-refractivity contribution in [2.75, 3.05) is 6.61 Å². The average molecular weight is 282 g/mol. The minimum atomic E-state index is -4.97. The minimum Gasteiger partial charge on any atom is -0.466 e. The third-order valence-corrected chi connectivity index (χ3v) is 2.85. The van der Waals surface area contributed by atoms with E-state index >= 15 is 0 Å². The van der Waals surface area contributed by atoms with Gasteiger partial charge < -0.3 is 9.47 Å². The summed E-state index contributed by atoms with van der Waals surface area (Å²) in [5, 5.41) is 0. The van der Waals surface area contributed by atoms with Crippen molar-refractivity contribution in [3.8, 4) is 0 Å². The van der Waals surface area contributed by atoms with Gasteiger partial charge in [-0.1, -0.05) is 0 Å². The highest BCUT2D eigenvalue weighted by atomic mass is 19.4. The van der Waals surface area contributed by atoms with Crippen molar-refractivity contribution in [1.82, 2.24) is 0 Å². The van der Waals surface area contributed by atoms with Gasteiger partial charge in [0.2, 0.25) is 0 Å². The first kappa shape index (κ1) is 15.8. The molecule has 1 fully saturated rings. The van der Waals surface area contributed by atoms with Gasteiger partial charge in [0.1, 0.15) is 6.10 Å². The SMILES string of the molecule is O=C1CCCC(OC(=O)C(F)(F)F)CCCCCO1. The van der Waals surface area contributed by atoms with Gasteiger partial charge in [-0.05, 0) is 38.5 Å². The Labute approximate surface area is 109 Å². The Bertz CT molecular complexity index is 315. The topological polar surface area (TPSA) is 52.6 Å². The molecule has 0 aromatic rings. The first-order valence-electron chi connectivity index (χ1n) is 6.33. The third-order valence-electron chi connectivity index (χ3n) is 2.85. The first-order valence-corrected chi connectivity index (χ1v) is 6.33. The molecule has 1 aliphatic rings. The number of esters is 2. The molecule has 0 spiro atoms. The second-order valence-corrected chi connectivity index (χ2v) is 4.49. The molecular weight excluding hydrogens is 265 g/mol. The number of cyclic esters (lactones) is 1. The molecular formula is C12H17F3O4. The van der Waals surface area contributed by atoms with E-state index in [1.807, 2.05) is 0 Å². The summed E-state index contributed by atoms with van der Waals surface area (Å²) in [7, 11) is 0. The van der Waals surface area contributed by atoms with Crippen molar-refractivity contribution in [2.24, 2.45) is 0 Å². The zero-order valence-electron chi connectivity index (χ0n) is 10.5. The molecule has 0 bridgehead atoms. The number of ether oxygens (including phenoxy) is 2. The summed E-state index contributed by atoms with van der Waals surface area (Å²) in [6.07, 6.45) is -2.57. The van der Waals surface area contributed by atoms with Crippen molar-refractivity contribution in [3.63, 3.8) is 0 Å². The Hall–Kier alpha value is -1.27. The van der Waals surface area contributed by atoms with Crippen molar-refractivity contribution >= 4 is 11.9 Å². The third kappa shape index (κ3) is 6.45. The molecule has 0 amide bonds. The van der Waals surface area contributed by atoms with Crippen molar-refractivity contribution in [1.29, 1.82) is 0 Å². The van der Waals surface area contributed by atoms with Gasteiger partial charge in [-0.2, -0.15) is 13.2 Å². The van der Waals surface area contributed by atoms with Gasteiger partial charge >= 0.3 is 18.1 Å². The van der Waals surface area contributed by atoms with Crippen LogP contribution >= 0.6 is 0 Å². The highest BCUT2D eigenvalue weighted by molar-refractivity contribution is 5.75. The largest absolute Gasteiger partial charge is 0.490 e. The smallest absolute Gasteiger partial charge is 0.466 e. The fraction of sp³-hybridized carbons (Fsp3) is 0.833. The Morgan fingerprint density at radius 1 is 1.16 bits per heavy atom. The number of hydrogen-bond donors (Lipinski definition) is 0. The van der Waals surface area contributed by atoms with Crippen LogP contribution in [-0.4, -0.2) is 30.8 Å². The van der Waals surface area contributed by atoms with Crippen molar-refractivity contribution in [2.45, 2.75) is 57.2 Å². The molecule has 0 aliphatic carbocycles. The van der Waals surface area contributed by atoms with Crippen LogP contribution in [-0.2, 0) is 19.1 Å². The van der Waals surface area contributed by atoms with Gasteiger partial charge in [0.25, 0.3) is 0 Å². The van der Waals surface area contributed by atoms with E-state index in [9.17, 15) is 22.8 Å². The summed E-state index contributed by atoms with van der Waals surface area (Å²) in [5.41, 5.74) is 0. The molecule has 1 atom stereocenters. The molecule has 0 aromatic carbocycles. The van der Waals surface area contributed by atoms with Crippen molar-refractivity contribution < 1.29 is 32.2 Å². The molecule has 1 rings (SSSR count). The lowest BCUT2D eigenvalue weighted by atomic mass is 10.1. The number of rotatable bonds is 1. The van der Waals surface area contributed by atoms with Crippen LogP contribution < -0.4 is 0 Å². The van der Waals surface area contributed by atoms with Crippen LogP contribution in [0.4, 0.5) is 13.2 Å². The lowest BCUT2D eigenvalue weighted by Crippen LogP contribution is -2.30. The van der Waals surface area contributed by atoms with Crippen LogP contribution in [0.5, 0.6) is 0 Å². The van der Waals surface area contributed by atoms with E-state index < -0.39 is 18.2 Å². The molecule has 0 saturated carbocycles. The highest BCUT2D eigenvalue weighted by Crippen LogP contribution is 2.21. The molecule has 0 N–H and O–H groups in total. The standard InChI is InChI=1S/C12H17F3O4/c13-12(14,15)11(17)19-9-5-2-1-3-8-18-10(16)7-4-6-9/h9H,1-8H2. The quantitative estimate of drug-likeness (QED) is 0.694. The zero-order valence-corrected chi connectivity index (χ0v) is 10.5. The molecule has 1 aliphatic heterocycles. The molecule has 4 nitrogen and oxygen atoms in total. The van der Waals surface area contributed by atoms with Gasteiger partial charge in [-0.15, -0.1) is 0 Å². The van der Waals surface area contributed by atoms with E-state index in [2.05, 4.69) is 4.74 Å². The summed E-state index contributed by atoms with van der Waals surface area (Å²) in [4.78, 5) is 22.0. The summed E-state index contributed by atoms with van der Waals surface area (Å²) >= 11 is 0. The van der Waals surface area contributed by atoms with Gasteiger partial charge in [-0.3, -0.25) is 4.79 Å². The summed E-state index contributed by atoms with van der Waals surface area (Å²) in [6.45, 7) is 0.339. The van der Waals surface area contributed by atoms with Crippen LogP contribution in [0.2, 0.25) is 0 Å². The molecule has 0 radical (unpaired) electrons. The number of halogens is 3. The van der Waals surface area contributed by atoms with Crippen molar-refractivity contribution in [3.05, 3.63) is 0 Å². The Morgan fingerprint density at radius 2 is 1.84 bits per heavy atom. The van der Waals surface area contributed by atoms with E-state index in [1.165, 1.54) is 0 Å². The number of hydrogen-bond acceptors (Lipinski definition) is 4. The predicted molar refractivity (Wildman–Crippen MR) is 59.2 cm³/mol. The van der Waals surface area contributed by atoms with Crippen LogP contribution in [0.3, 0.4) is 0 Å². The summed E-state index contributed by atoms with van der Waals surface area (Å²) < 4.78 is 45.7. The second-order valence-electron chi connectivity index (χ2n) is 4.49. The highest BCUT2D eigenvalue weighted by Gasteiger charge is 2.42. The zero-order chi connectivity index (χ0) is 14.3. The van der Waals surface area contributed by atoms with Crippen LogP contribution in [0.1, 0.15) is 44.9 Å². The van der Waals surface area contributed by atoms with E-state index in [0.29, 0.717) is 32.3 Å². The van der Waals surface area contributed by atoms with E-state index in [-0.39, 0.29) is 18.8 Å². The van der Waals surface area contributed by atoms with Gasteiger partial charge in [0.15, 0.2) is 0 Å². The fourth-order valence-corrected chi connectivity index (χ4v) is 1.86. The molecule has 19 heavy (non-hydrogen) atoms. The monoisotopic (exact) mass is 282 g/mol. The van der Waals surface area contributed by atoms with E-state index in [4.69, 9.17) is 4.74 Å². The molecule has 1 heterocycles. The normalized spacial score (nSPS) is 23.1. The second kappa shape index (κ2) is 7.35. The molecule has 1 saturated heterocycles. The van der Waals surface area contributed by atoms with Crippen LogP contribution in [0.15, 0.2) is 0 Å². The lowest BCUT2D eigenvalue weighted by molar-refractivity contribution is -0.205. The summed E-state index contributed by atoms with van der Waals surface area (Å²) in [6, 6.07) is 0. The Balaban J connectivity index is 2.49.